The van der Waals surface area contributed by atoms with Gasteiger partial charge in [0.05, 0.1) is 37.6 Å². The minimum atomic E-state index is -0.579. The SMILES string of the molecule is COc1cc(Nc2ncnc(-c3ccc(F)c(C#N)c3)n2)ccc1N1CCN(C2COC2)CC1. The van der Waals surface area contributed by atoms with Crippen molar-refractivity contribution in [1.29, 1.82) is 5.26 Å². The third-order valence-electron chi connectivity index (χ3n) is 6.14. The van der Waals surface area contributed by atoms with E-state index < -0.39 is 5.82 Å². The Balaban J connectivity index is 1.31. The van der Waals surface area contributed by atoms with Crippen LogP contribution >= 0.6 is 0 Å². The number of hydrogen-bond acceptors (Lipinski definition) is 9. The monoisotopic (exact) mass is 461 g/mol. The number of anilines is 3. The highest BCUT2D eigenvalue weighted by molar-refractivity contribution is 5.68. The van der Waals surface area contributed by atoms with Gasteiger partial charge in [-0.1, -0.05) is 0 Å². The van der Waals surface area contributed by atoms with Gasteiger partial charge in [-0.25, -0.2) is 14.4 Å². The van der Waals surface area contributed by atoms with Gasteiger partial charge in [-0.05, 0) is 30.3 Å². The lowest BCUT2D eigenvalue weighted by Crippen LogP contribution is -2.56. The molecule has 9 nitrogen and oxygen atoms in total. The molecule has 2 saturated heterocycles. The van der Waals surface area contributed by atoms with Gasteiger partial charge in [-0.2, -0.15) is 10.2 Å². The first-order valence-electron chi connectivity index (χ1n) is 11.1. The minimum absolute atomic E-state index is 0.0606. The van der Waals surface area contributed by atoms with Crippen molar-refractivity contribution < 1.29 is 13.9 Å². The molecule has 10 heteroatoms. The van der Waals surface area contributed by atoms with Gasteiger partial charge in [0, 0.05) is 43.5 Å². The van der Waals surface area contributed by atoms with Gasteiger partial charge in [-0.3, -0.25) is 4.90 Å². The maximum Gasteiger partial charge on any atom is 0.230 e. The van der Waals surface area contributed by atoms with Crippen LogP contribution in [0, 0.1) is 17.1 Å². The molecule has 34 heavy (non-hydrogen) atoms. The number of piperazine rings is 1. The van der Waals surface area contributed by atoms with Crippen LogP contribution in [0.1, 0.15) is 5.56 Å². The molecule has 0 spiro atoms. The van der Waals surface area contributed by atoms with E-state index >= 15 is 0 Å². The van der Waals surface area contributed by atoms with Crippen LogP contribution in [-0.4, -0.2) is 72.4 Å². The third-order valence-corrected chi connectivity index (χ3v) is 6.14. The second-order valence-electron chi connectivity index (χ2n) is 8.17. The standard InChI is InChI=1S/C24H24FN7O2/c1-33-22-11-18(3-5-21(22)32-8-6-31(7-9-32)19-13-34-14-19)29-24-28-15-27-23(30-24)16-2-4-20(25)17(10-16)12-26/h2-5,10-11,15,19H,6-9,13-14H2,1H3,(H,27,28,29,30). The Morgan fingerprint density at radius 2 is 1.94 bits per heavy atom. The van der Waals surface area contributed by atoms with E-state index in [4.69, 9.17) is 14.7 Å². The van der Waals surface area contributed by atoms with Crippen LogP contribution in [0.4, 0.5) is 21.7 Å². The quantitative estimate of drug-likeness (QED) is 0.594. The number of nitriles is 1. The molecule has 0 aliphatic carbocycles. The van der Waals surface area contributed by atoms with Gasteiger partial charge in [0.15, 0.2) is 5.82 Å². The molecule has 2 aliphatic rings. The molecule has 0 radical (unpaired) electrons. The zero-order valence-corrected chi connectivity index (χ0v) is 18.7. The lowest BCUT2D eigenvalue weighted by Gasteiger charge is -2.43. The zero-order chi connectivity index (χ0) is 23.5. The van der Waals surface area contributed by atoms with Crippen molar-refractivity contribution in [2.45, 2.75) is 6.04 Å². The van der Waals surface area contributed by atoms with E-state index in [2.05, 4.69) is 30.1 Å². The highest BCUT2D eigenvalue weighted by Crippen LogP contribution is 2.33. The number of methoxy groups -OCH3 is 1. The van der Waals surface area contributed by atoms with Crippen LogP contribution in [0.3, 0.4) is 0 Å². The molecule has 0 bridgehead atoms. The van der Waals surface area contributed by atoms with Crippen LogP contribution < -0.4 is 15.0 Å². The smallest absolute Gasteiger partial charge is 0.230 e. The first-order valence-corrected chi connectivity index (χ1v) is 11.1. The number of nitrogens with one attached hydrogen (secondary N) is 1. The van der Waals surface area contributed by atoms with Crippen LogP contribution in [0.15, 0.2) is 42.7 Å². The second-order valence-corrected chi connectivity index (χ2v) is 8.17. The molecular formula is C24H24FN7O2. The molecular weight excluding hydrogens is 437 g/mol. The highest BCUT2D eigenvalue weighted by Gasteiger charge is 2.29. The number of rotatable bonds is 6. The van der Waals surface area contributed by atoms with E-state index in [9.17, 15) is 4.39 Å². The van der Waals surface area contributed by atoms with E-state index in [1.165, 1.54) is 24.5 Å². The average Bonchev–Trinajstić information content (AvgIpc) is 2.84. The molecule has 3 aromatic rings. The minimum Gasteiger partial charge on any atom is -0.495 e. The Morgan fingerprint density at radius 3 is 2.65 bits per heavy atom. The summed E-state index contributed by atoms with van der Waals surface area (Å²) in [5.41, 5.74) is 2.28. The van der Waals surface area contributed by atoms with Crippen molar-refractivity contribution in [2.24, 2.45) is 0 Å². The summed E-state index contributed by atoms with van der Waals surface area (Å²) in [5.74, 6) is 0.854. The molecule has 1 N–H and O–H groups in total. The summed E-state index contributed by atoms with van der Waals surface area (Å²) in [5, 5.41) is 12.3. The largest absolute Gasteiger partial charge is 0.495 e. The van der Waals surface area contributed by atoms with Gasteiger partial charge < -0.3 is 19.7 Å². The summed E-state index contributed by atoms with van der Waals surface area (Å²) in [6, 6.07) is 12.5. The fourth-order valence-corrected chi connectivity index (χ4v) is 4.15. The number of nitrogens with zero attached hydrogens (tertiary/aromatic N) is 6. The van der Waals surface area contributed by atoms with E-state index in [1.54, 1.807) is 7.11 Å². The van der Waals surface area contributed by atoms with Crippen molar-refractivity contribution in [3.05, 3.63) is 54.1 Å². The summed E-state index contributed by atoms with van der Waals surface area (Å²) < 4.78 is 24.7. The Bertz CT molecular complexity index is 1220. The second kappa shape index (κ2) is 9.59. The van der Waals surface area contributed by atoms with Gasteiger partial charge in [-0.15, -0.1) is 0 Å². The van der Waals surface area contributed by atoms with Crippen LogP contribution in [0.2, 0.25) is 0 Å². The van der Waals surface area contributed by atoms with Gasteiger partial charge in [0.25, 0.3) is 0 Å². The molecule has 174 valence electrons. The first-order chi connectivity index (χ1) is 16.6. The number of halogens is 1. The van der Waals surface area contributed by atoms with E-state index in [0.29, 0.717) is 23.4 Å². The van der Waals surface area contributed by atoms with Crippen LogP contribution in [-0.2, 0) is 4.74 Å². The van der Waals surface area contributed by atoms with Gasteiger partial charge >= 0.3 is 0 Å². The summed E-state index contributed by atoms with van der Waals surface area (Å²) >= 11 is 0. The predicted octanol–water partition coefficient (Wildman–Crippen LogP) is 2.82. The summed E-state index contributed by atoms with van der Waals surface area (Å²) in [6.45, 7) is 5.54. The Kier molecular flexibility index (Phi) is 6.20. The maximum absolute atomic E-state index is 13.7. The van der Waals surface area contributed by atoms with Crippen LogP contribution in [0.25, 0.3) is 11.4 Å². The molecule has 0 unspecified atom stereocenters. The fraction of sp³-hybridized carbons (Fsp3) is 0.333. The van der Waals surface area contributed by atoms with Gasteiger partial charge in [0.2, 0.25) is 5.95 Å². The molecule has 0 atom stereocenters. The maximum atomic E-state index is 13.7. The molecule has 5 rings (SSSR count). The molecule has 2 aliphatic heterocycles. The molecule has 2 fully saturated rings. The molecule has 0 saturated carbocycles. The molecule has 1 aromatic heterocycles. The number of ether oxygens (including phenoxy) is 2. The molecule has 2 aromatic carbocycles. The number of aromatic nitrogens is 3. The molecule has 3 heterocycles. The first kappa shape index (κ1) is 22.0. The third kappa shape index (κ3) is 4.48. The van der Waals surface area contributed by atoms with E-state index in [0.717, 1.165) is 56.5 Å². The average molecular weight is 462 g/mol. The van der Waals surface area contributed by atoms with E-state index in [1.807, 2.05) is 24.3 Å². The van der Waals surface area contributed by atoms with Crippen LogP contribution in [0.5, 0.6) is 5.75 Å². The zero-order valence-electron chi connectivity index (χ0n) is 18.7. The van der Waals surface area contributed by atoms with Crippen molar-refractivity contribution in [3.63, 3.8) is 0 Å². The number of hydrogen-bond donors (Lipinski definition) is 1. The fourth-order valence-electron chi connectivity index (χ4n) is 4.15. The topological polar surface area (TPSA) is 99.4 Å². The number of benzene rings is 2. The lowest BCUT2D eigenvalue weighted by molar-refractivity contribution is -0.0660. The van der Waals surface area contributed by atoms with Crippen molar-refractivity contribution in [3.8, 4) is 23.2 Å². The van der Waals surface area contributed by atoms with Gasteiger partial charge in [0.1, 0.15) is 24.0 Å². The van der Waals surface area contributed by atoms with Crippen molar-refractivity contribution in [1.82, 2.24) is 19.9 Å². The summed E-state index contributed by atoms with van der Waals surface area (Å²) in [7, 11) is 1.66. The van der Waals surface area contributed by atoms with Crippen molar-refractivity contribution in [2.75, 3.05) is 56.7 Å². The Hall–Kier alpha value is -3.81. The van der Waals surface area contributed by atoms with Crippen molar-refractivity contribution >= 4 is 17.3 Å². The molecule has 0 amide bonds. The van der Waals surface area contributed by atoms with E-state index in [-0.39, 0.29) is 5.56 Å². The Labute approximate surface area is 196 Å². The summed E-state index contributed by atoms with van der Waals surface area (Å²) in [4.78, 5) is 17.6. The summed E-state index contributed by atoms with van der Waals surface area (Å²) in [6.07, 6.45) is 1.37. The Morgan fingerprint density at radius 1 is 1.12 bits per heavy atom. The predicted molar refractivity (Wildman–Crippen MR) is 125 cm³/mol. The lowest BCUT2D eigenvalue weighted by atomic mass is 10.1. The normalized spacial score (nSPS) is 16.6. The highest BCUT2D eigenvalue weighted by atomic mass is 19.1.